The standard InChI is InChI=1S/C15H12N4S/c1-3-7-13-11(5-1)16-9-19(13)10-17-15-18-12-6-2-4-8-14(12)20-15/h1-9H,10H2,(H,17,18). The van der Waals surface area contributed by atoms with Gasteiger partial charge in [0.25, 0.3) is 0 Å². The van der Waals surface area contributed by atoms with Crippen LogP contribution in [0.25, 0.3) is 21.3 Å². The lowest BCUT2D eigenvalue weighted by Crippen LogP contribution is -2.06. The van der Waals surface area contributed by atoms with Crippen molar-refractivity contribution in [2.75, 3.05) is 5.32 Å². The maximum atomic E-state index is 4.57. The molecule has 2 heterocycles. The van der Waals surface area contributed by atoms with E-state index in [0.717, 1.165) is 21.7 Å². The summed E-state index contributed by atoms with van der Waals surface area (Å²) in [4.78, 5) is 8.95. The van der Waals surface area contributed by atoms with E-state index in [4.69, 9.17) is 0 Å². The Hall–Kier alpha value is -2.40. The number of benzene rings is 2. The highest BCUT2D eigenvalue weighted by molar-refractivity contribution is 7.22. The lowest BCUT2D eigenvalue weighted by atomic mass is 10.3. The minimum atomic E-state index is 0.667. The monoisotopic (exact) mass is 280 g/mol. The highest BCUT2D eigenvalue weighted by atomic mass is 32.1. The van der Waals surface area contributed by atoms with Gasteiger partial charge in [0, 0.05) is 0 Å². The van der Waals surface area contributed by atoms with Gasteiger partial charge < -0.3 is 9.88 Å². The molecule has 98 valence electrons. The Kier molecular flexibility index (Phi) is 2.63. The third kappa shape index (κ3) is 1.92. The fourth-order valence-corrected chi connectivity index (χ4v) is 3.09. The van der Waals surface area contributed by atoms with Gasteiger partial charge >= 0.3 is 0 Å². The van der Waals surface area contributed by atoms with Gasteiger partial charge in [-0.15, -0.1) is 0 Å². The number of fused-ring (bicyclic) bond motifs is 2. The molecule has 5 heteroatoms. The number of rotatable bonds is 3. The molecule has 4 aromatic rings. The molecule has 2 aromatic carbocycles. The summed E-state index contributed by atoms with van der Waals surface area (Å²) in [5.74, 6) is 0. The van der Waals surface area contributed by atoms with Crippen molar-refractivity contribution in [1.29, 1.82) is 0 Å². The van der Waals surface area contributed by atoms with Gasteiger partial charge in [-0.2, -0.15) is 0 Å². The summed E-state index contributed by atoms with van der Waals surface area (Å²) < 4.78 is 3.28. The van der Waals surface area contributed by atoms with Crippen LogP contribution in [0.15, 0.2) is 54.9 Å². The Morgan fingerprint density at radius 3 is 2.70 bits per heavy atom. The van der Waals surface area contributed by atoms with E-state index in [1.165, 1.54) is 4.70 Å². The third-order valence-corrected chi connectivity index (χ3v) is 4.22. The van der Waals surface area contributed by atoms with Gasteiger partial charge in [-0.05, 0) is 24.3 Å². The van der Waals surface area contributed by atoms with Gasteiger partial charge in [-0.1, -0.05) is 35.6 Å². The Balaban J connectivity index is 1.60. The maximum absolute atomic E-state index is 4.57. The minimum absolute atomic E-state index is 0.667. The maximum Gasteiger partial charge on any atom is 0.185 e. The second-order valence-electron chi connectivity index (χ2n) is 4.52. The SMILES string of the molecule is c1ccc2sc(NCn3cnc4ccccc43)nc2c1. The zero-order valence-electron chi connectivity index (χ0n) is 10.7. The molecule has 0 atom stereocenters. The lowest BCUT2D eigenvalue weighted by molar-refractivity contribution is 0.799. The third-order valence-electron chi connectivity index (χ3n) is 3.22. The van der Waals surface area contributed by atoms with Crippen molar-refractivity contribution >= 4 is 37.7 Å². The van der Waals surface area contributed by atoms with Crippen LogP contribution in [0.2, 0.25) is 0 Å². The van der Waals surface area contributed by atoms with Gasteiger partial charge in [0.2, 0.25) is 0 Å². The summed E-state index contributed by atoms with van der Waals surface area (Å²) in [6.07, 6.45) is 1.85. The van der Waals surface area contributed by atoms with E-state index in [0.29, 0.717) is 6.67 Å². The molecule has 1 N–H and O–H groups in total. The molecule has 0 fully saturated rings. The van der Waals surface area contributed by atoms with Gasteiger partial charge in [0.15, 0.2) is 5.13 Å². The van der Waals surface area contributed by atoms with Crippen LogP contribution in [-0.4, -0.2) is 14.5 Å². The molecule has 4 rings (SSSR count). The van der Waals surface area contributed by atoms with Gasteiger partial charge in [0.1, 0.15) is 0 Å². The van der Waals surface area contributed by atoms with Crippen LogP contribution >= 0.6 is 11.3 Å². The molecule has 0 unspecified atom stereocenters. The van der Waals surface area contributed by atoms with Gasteiger partial charge in [-0.3, -0.25) is 0 Å². The number of anilines is 1. The fourth-order valence-electron chi connectivity index (χ4n) is 2.24. The molecular weight excluding hydrogens is 268 g/mol. The number of aromatic nitrogens is 3. The van der Waals surface area contributed by atoms with Crippen molar-refractivity contribution < 1.29 is 0 Å². The predicted molar refractivity (Wildman–Crippen MR) is 83.0 cm³/mol. The average molecular weight is 280 g/mol. The van der Waals surface area contributed by atoms with Crippen molar-refractivity contribution in [2.45, 2.75) is 6.67 Å². The minimum Gasteiger partial charge on any atom is -0.344 e. The number of hydrogen-bond donors (Lipinski definition) is 1. The molecule has 0 saturated heterocycles. The first kappa shape index (κ1) is 11.4. The van der Waals surface area contributed by atoms with Crippen molar-refractivity contribution in [3.63, 3.8) is 0 Å². The molecule has 0 radical (unpaired) electrons. The van der Waals surface area contributed by atoms with E-state index in [-0.39, 0.29) is 0 Å². The molecule has 4 nitrogen and oxygen atoms in total. The molecule has 0 amide bonds. The average Bonchev–Trinajstić information content (AvgIpc) is 3.08. The van der Waals surface area contributed by atoms with Crippen LogP contribution in [0.1, 0.15) is 0 Å². The Bertz CT molecular complexity index is 844. The predicted octanol–water partition coefficient (Wildman–Crippen LogP) is 3.72. The number of hydrogen-bond acceptors (Lipinski definition) is 4. The number of thiazole rings is 1. The van der Waals surface area contributed by atoms with Gasteiger partial charge in [-0.25, -0.2) is 9.97 Å². The molecule has 0 spiro atoms. The van der Waals surface area contributed by atoms with Gasteiger partial charge in [0.05, 0.1) is 34.2 Å². The molecule has 0 aliphatic rings. The van der Waals surface area contributed by atoms with Crippen LogP contribution in [0, 0.1) is 0 Å². The Morgan fingerprint density at radius 2 is 1.80 bits per heavy atom. The summed E-state index contributed by atoms with van der Waals surface area (Å²) in [6, 6.07) is 16.3. The first-order chi connectivity index (χ1) is 9.90. The number of para-hydroxylation sites is 3. The largest absolute Gasteiger partial charge is 0.344 e. The summed E-state index contributed by atoms with van der Waals surface area (Å²) in [7, 11) is 0. The van der Waals surface area contributed by atoms with E-state index < -0.39 is 0 Å². The molecule has 20 heavy (non-hydrogen) atoms. The molecular formula is C15H12N4S. The second-order valence-corrected chi connectivity index (χ2v) is 5.56. The first-order valence-electron chi connectivity index (χ1n) is 6.39. The molecule has 0 aliphatic carbocycles. The highest BCUT2D eigenvalue weighted by Crippen LogP contribution is 2.25. The fraction of sp³-hybridized carbons (Fsp3) is 0.0667. The van der Waals surface area contributed by atoms with E-state index in [2.05, 4.69) is 32.0 Å². The molecule has 2 aromatic heterocycles. The topological polar surface area (TPSA) is 42.7 Å². The van der Waals surface area contributed by atoms with Crippen LogP contribution < -0.4 is 5.32 Å². The lowest BCUT2D eigenvalue weighted by Gasteiger charge is -2.04. The van der Waals surface area contributed by atoms with E-state index in [9.17, 15) is 0 Å². The number of imidazole rings is 1. The Labute approximate surface area is 119 Å². The summed E-state index contributed by atoms with van der Waals surface area (Å²) in [6.45, 7) is 0.667. The zero-order chi connectivity index (χ0) is 13.4. The zero-order valence-corrected chi connectivity index (χ0v) is 11.5. The highest BCUT2D eigenvalue weighted by Gasteiger charge is 2.04. The normalized spacial score (nSPS) is 11.2. The van der Waals surface area contributed by atoms with Crippen LogP contribution in [0.4, 0.5) is 5.13 Å². The summed E-state index contributed by atoms with van der Waals surface area (Å²) in [5, 5.41) is 4.29. The second kappa shape index (κ2) is 4.61. The van der Waals surface area contributed by atoms with E-state index >= 15 is 0 Å². The van der Waals surface area contributed by atoms with Crippen LogP contribution in [0.5, 0.6) is 0 Å². The van der Waals surface area contributed by atoms with Crippen molar-refractivity contribution in [2.24, 2.45) is 0 Å². The van der Waals surface area contributed by atoms with Crippen LogP contribution in [0.3, 0.4) is 0 Å². The molecule has 0 aliphatic heterocycles. The van der Waals surface area contributed by atoms with E-state index in [1.54, 1.807) is 11.3 Å². The smallest absolute Gasteiger partial charge is 0.185 e. The molecule has 0 saturated carbocycles. The van der Waals surface area contributed by atoms with Crippen LogP contribution in [-0.2, 0) is 6.67 Å². The molecule has 0 bridgehead atoms. The first-order valence-corrected chi connectivity index (χ1v) is 7.21. The van der Waals surface area contributed by atoms with Crippen molar-refractivity contribution in [3.8, 4) is 0 Å². The number of nitrogens with zero attached hydrogens (tertiary/aromatic N) is 3. The van der Waals surface area contributed by atoms with Crippen molar-refractivity contribution in [3.05, 3.63) is 54.9 Å². The quantitative estimate of drug-likeness (QED) is 0.622. The summed E-state index contributed by atoms with van der Waals surface area (Å²) >= 11 is 1.67. The van der Waals surface area contributed by atoms with E-state index in [1.807, 2.05) is 42.7 Å². The van der Waals surface area contributed by atoms with Crippen molar-refractivity contribution in [1.82, 2.24) is 14.5 Å². The number of nitrogens with one attached hydrogen (secondary N) is 1. The summed E-state index contributed by atoms with van der Waals surface area (Å²) in [5.41, 5.74) is 3.18. The Morgan fingerprint density at radius 1 is 1.00 bits per heavy atom.